The van der Waals surface area contributed by atoms with Crippen LogP contribution in [0.1, 0.15) is 6.92 Å². The molecule has 0 aliphatic rings. The van der Waals surface area contributed by atoms with Gasteiger partial charge in [-0.1, -0.05) is 18.2 Å². The first-order valence-electron chi connectivity index (χ1n) is 6.41. The van der Waals surface area contributed by atoms with Crippen LogP contribution < -0.4 is 16.2 Å². The van der Waals surface area contributed by atoms with Crippen molar-refractivity contribution < 1.29 is 5.11 Å². The van der Waals surface area contributed by atoms with E-state index in [1.54, 1.807) is 6.92 Å². The second kappa shape index (κ2) is 6.36. The van der Waals surface area contributed by atoms with Gasteiger partial charge in [0.05, 0.1) is 6.10 Å². The highest BCUT2D eigenvalue weighted by Gasteiger charge is 2.00. The zero-order valence-corrected chi connectivity index (χ0v) is 10.9. The van der Waals surface area contributed by atoms with Crippen molar-refractivity contribution in [3.8, 4) is 0 Å². The third-order valence-electron chi connectivity index (χ3n) is 2.81. The van der Waals surface area contributed by atoms with Crippen molar-refractivity contribution in [2.75, 3.05) is 25.0 Å². The summed E-state index contributed by atoms with van der Waals surface area (Å²) in [6, 6.07) is 9.41. The highest BCUT2D eigenvalue weighted by atomic mass is 16.3. The first-order chi connectivity index (χ1) is 9.16. The number of aliphatic hydroxyl groups excluding tert-OH is 1. The largest absolute Gasteiger partial charge is 0.392 e. The molecule has 0 fully saturated rings. The summed E-state index contributed by atoms with van der Waals surface area (Å²) in [6.45, 7) is 3.71. The van der Waals surface area contributed by atoms with Crippen molar-refractivity contribution >= 4 is 16.6 Å². The molecule has 2 rings (SSSR count). The molecule has 0 aliphatic carbocycles. The Morgan fingerprint density at radius 2 is 2.11 bits per heavy atom. The fourth-order valence-electron chi connectivity index (χ4n) is 1.90. The first-order valence-corrected chi connectivity index (χ1v) is 6.41. The molecule has 102 valence electrons. The molecule has 0 saturated carbocycles. The minimum Gasteiger partial charge on any atom is -0.392 e. The van der Waals surface area contributed by atoms with Gasteiger partial charge in [-0.25, -0.2) is 0 Å². The van der Waals surface area contributed by atoms with E-state index in [2.05, 4.69) is 15.6 Å². The molecule has 1 aromatic heterocycles. The number of anilines is 1. The van der Waals surface area contributed by atoms with Gasteiger partial charge in [0.15, 0.2) is 0 Å². The van der Waals surface area contributed by atoms with Crippen LogP contribution in [-0.2, 0) is 0 Å². The zero-order chi connectivity index (χ0) is 13.7. The molecule has 0 spiro atoms. The lowest BCUT2D eigenvalue weighted by Crippen LogP contribution is -2.29. The molecule has 1 aromatic carbocycles. The monoisotopic (exact) mass is 261 g/mol. The van der Waals surface area contributed by atoms with Gasteiger partial charge >= 0.3 is 0 Å². The highest BCUT2D eigenvalue weighted by molar-refractivity contribution is 5.83. The van der Waals surface area contributed by atoms with E-state index in [1.165, 1.54) is 0 Å². The molecule has 1 unspecified atom stereocenters. The highest BCUT2D eigenvalue weighted by Crippen LogP contribution is 2.12. The van der Waals surface area contributed by atoms with Gasteiger partial charge in [0.2, 0.25) is 0 Å². The van der Waals surface area contributed by atoms with E-state index >= 15 is 0 Å². The number of fused-ring (bicyclic) bond motifs is 1. The normalized spacial score (nSPS) is 12.5. The smallest absolute Gasteiger partial charge is 0.257 e. The van der Waals surface area contributed by atoms with Gasteiger partial charge in [0.1, 0.15) is 5.82 Å². The number of aromatic amines is 1. The molecule has 0 amide bonds. The van der Waals surface area contributed by atoms with Gasteiger partial charge in [-0.2, -0.15) is 0 Å². The summed E-state index contributed by atoms with van der Waals surface area (Å²) in [5.74, 6) is 0.711. The van der Waals surface area contributed by atoms with Crippen LogP contribution in [0.5, 0.6) is 0 Å². The second-order valence-corrected chi connectivity index (χ2v) is 4.58. The molecule has 5 nitrogen and oxygen atoms in total. The number of benzene rings is 1. The van der Waals surface area contributed by atoms with Crippen molar-refractivity contribution in [3.05, 3.63) is 40.7 Å². The van der Waals surface area contributed by atoms with E-state index < -0.39 is 0 Å². The van der Waals surface area contributed by atoms with Gasteiger partial charge in [-0.05, 0) is 24.4 Å². The van der Waals surface area contributed by atoms with Crippen LogP contribution in [0.25, 0.3) is 10.8 Å². The van der Waals surface area contributed by atoms with Crippen LogP contribution in [0.2, 0.25) is 0 Å². The van der Waals surface area contributed by atoms with Crippen LogP contribution in [0, 0.1) is 0 Å². The number of aliphatic hydroxyl groups is 1. The Hall–Kier alpha value is -1.85. The fraction of sp³-hybridized carbons (Fsp3) is 0.357. The predicted molar refractivity (Wildman–Crippen MR) is 77.6 cm³/mol. The third-order valence-corrected chi connectivity index (χ3v) is 2.81. The summed E-state index contributed by atoms with van der Waals surface area (Å²) in [5.41, 5.74) is -0.0856. The Kier molecular flexibility index (Phi) is 4.54. The maximum atomic E-state index is 11.8. The lowest BCUT2D eigenvalue weighted by Gasteiger charge is -2.09. The molecule has 1 heterocycles. The molecule has 19 heavy (non-hydrogen) atoms. The predicted octanol–water partition coefficient (Wildman–Crippen LogP) is 0.910. The van der Waals surface area contributed by atoms with Crippen molar-refractivity contribution in [1.82, 2.24) is 10.3 Å². The van der Waals surface area contributed by atoms with Crippen molar-refractivity contribution in [2.45, 2.75) is 13.0 Å². The van der Waals surface area contributed by atoms with Crippen LogP contribution in [0.3, 0.4) is 0 Å². The number of rotatable bonds is 6. The van der Waals surface area contributed by atoms with E-state index in [0.717, 1.165) is 11.9 Å². The average Bonchev–Trinajstić information content (AvgIpc) is 2.38. The lowest BCUT2D eigenvalue weighted by atomic mass is 10.2. The molecule has 0 bridgehead atoms. The summed E-state index contributed by atoms with van der Waals surface area (Å²) in [5, 5.41) is 17.0. The molecule has 1 atom stereocenters. The van der Waals surface area contributed by atoms with Gasteiger partial charge < -0.3 is 20.7 Å². The average molecular weight is 261 g/mol. The molecule has 4 N–H and O–H groups in total. The zero-order valence-electron chi connectivity index (χ0n) is 10.9. The van der Waals surface area contributed by atoms with Gasteiger partial charge in [0, 0.05) is 25.0 Å². The van der Waals surface area contributed by atoms with E-state index in [1.807, 2.05) is 30.3 Å². The van der Waals surface area contributed by atoms with E-state index in [4.69, 9.17) is 5.11 Å². The summed E-state index contributed by atoms with van der Waals surface area (Å²) in [7, 11) is 0. The Morgan fingerprint density at radius 3 is 2.89 bits per heavy atom. The Labute approximate surface area is 111 Å². The minimum absolute atomic E-state index is 0.0856. The molecule has 0 saturated heterocycles. The maximum absolute atomic E-state index is 11.8. The van der Waals surface area contributed by atoms with E-state index in [0.29, 0.717) is 24.3 Å². The molecule has 5 heteroatoms. The number of hydrogen-bond donors (Lipinski definition) is 4. The summed E-state index contributed by atoms with van der Waals surface area (Å²) >= 11 is 0. The number of nitrogens with one attached hydrogen (secondary N) is 3. The fourth-order valence-corrected chi connectivity index (χ4v) is 1.90. The number of aromatic nitrogens is 1. The van der Waals surface area contributed by atoms with E-state index in [9.17, 15) is 4.79 Å². The Bertz CT molecular complexity index is 593. The van der Waals surface area contributed by atoms with Gasteiger partial charge in [0.25, 0.3) is 5.56 Å². The quantitative estimate of drug-likeness (QED) is 0.583. The standard InChI is InChI=1S/C14H19N3O2/c1-10(18)9-15-6-7-16-13-8-11-4-2-3-5-12(11)14(19)17-13/h2-5,8,10,15,18H,6-7,9H2,1H3,(H2,16,17,19). The van der Waals surface area contributed by atoms with Gasteiger partial charge in [-0.15, -0.1) is 0 Å². The molecule has 2 aromatic rings. The van der Waals surface area contributed by atoms with Crippen LogP contribution in [0.4, 0.5) is 5.82 Å². The molecular weight excluding hydrogens is 242 g/mol. The first kappa shape index (κ1) is 13.6. The van der Waals surface area contributed by atoms with E-state index in [-0.39, 0.29) is 11.7 Å². The Morgan fingerprint density at radius 1 is 1.32 bits per heavy atom. The van der Waals surface area contributed by atoms with Gasteiger partial charge in [-0.3, -0.25) is 4.79 Å². The summed E-state index contributed by atoms with van der Waals surface area (Å²) in [4.78, 5) is 14.6. The topological polar surface area (TPSA) is 77.2 Å². The molecular formula is C14H19N3O2. The van der Waals surface area contributed by atoms with Crippen molar-refractivity contribution in [1.29, 1.82) is 0 Å². The summed E-state index contributed by atoms with van der Waals surface area (Å²) < 4.78 is 0. The summed E-state index contributed by atoms with van der Waals surface area (Å²) in [6.07, 6.45) is -0.347. The SMILES string of the molecule is CC(O)CNCCNc1cc2ccccc2c(=O)[nH]1. The van der Waals surface area contributed by atoms with Crippen molar-refractivity contribution in [3.63, 3.8) is 0 Å². The minimum atomic E-state index is -0.347. The number of hydrogen-bond acceptors (Lipinski definition) is 4. The van der Waals surface area contributed by atoms with Crippen LogP contribution in [-0.4, -0.2) is 35.8 Å². The number of H-pyrrole nitrogens is 1. The lowest BCUT2D eigenvalue weighted by molar-refractivity contribution is 0.192. The molecule has 0 aliphatic heterocycles. The third kappa shape index (κ3) is 3.81. The maximum Gasteiger partial charge on any atom is 0.257 e. The van der Waals surface area contributed by atoms with Crippen molar-refractivity contribution in [2.24, 2.45) is 0 Å². The second-order valence-electron chi connectivity index (χ2n) is 4.58. The van der Waals surface area contributed by atoms with Crippen LogP contribution in [0.15, 0.2) is 35.1 Å². The Balaban J connectivity index is 1.96. The van der Waals surface area contributed by atoms with Crippen LogP contribution >= 0.6 is 0 Å². The number of pyridine rings is 1. The molecule has 0 radical (unpaired) electrons.